The maximum absolute atomic E-state index is 4.22. The average molecular weight is 121 g/mol. The van der Waals surface area contributed by atoms with Crippen molar-refractivity contribution in [2.24, 2.45) is 4.99 Å². The largest absolute Gasteiger partial charge is 0.290 e. The lowest BCUT2D eigenvalue weighted by atomic mass is 10.1. The van der Waals surface area contributed by atoms with E-state index < -0.39 is 0 Å². The van der Waals surface area contributed by atoms with Gasteiger partial charge in [-0.2, -0.15) is 0 Å². The molecule has 1 aliphatic rings. The van der Waals surface area contributed by atoms with Crippen molar-refractivity contribution >= 4 is 6.21 Å². The van der Waals surface area contributed by atoms with Crippen molar-refractivity contribution in [2.45, 2.75) is 19.4 Å². The van der Waals surface area contributed by atoms with E-state index in [-0.39, 0.29) is 0 Å². The normalized spacial score (nSPS) is 25.7. The van der Waals surface area contributed by atoms with Gasteiger partial charge in [0.05, 0.1) is 6.04 Å². The van der Waals surface area contributed by atoms with Crippen LogP contribution in [0.15, 0.2) is 29.3 Å². The van der Waals surface area contributed by atoms with Crippen LogP contribution < -0.4 is 0 Å². The van der Waals surface area contributed by atoms with E-state index in [9.17, 15) is 0 Å². The standard InChI is InChI=1S/C8H11N/c1-2-9-8-6-4-3-5-7-8/h2-6,8H,7H2,1H3. The zero-order valence-corrected chi connectivity index (χ0v) is 5.62. The number of nitrogens with zero attached hydrogens (tertiary/aromatic N) is 1. The molecular formula is C8H11N. The molecule has 1 unspecified atom stereocenters. The Hall–Kier alpha value is -0.850. The summed E-state index contributed by atoms with van der Waals surface area (Å²) < 4.78 is 0. The number of allylic oxidation sites excluding steroid dienone is 2. The highest BCUT2D eigenvalue weighted by atomic mass is 14.7. The molecule has 0 aromatic heterocycles. The predicted octanol–water partition coefficient (Wildman–Crippen LogP) is 1.96. The van der Waals surface area contributed by atoms with Gasteiger partial charge in [0.1, 0.15) is 0 Å². The molecule has 0 bridgehead atoms. The van der Waals surface area contributed by atoms with E-state index in [2.05, 4.69) is 23.2 Å². The fourth-order valence-electron chi connectivity index (χ4n) is 0.870. The SMILES string of the molecule is CC=NC1C=CC=CC1. The third kappa shape index (κ3) is 1.84. The van der Waals surface area contributed by atoms with Gasteiger partial charge in [0, 0.05) is 0 Å². The monoisotopic (exact) mass is 121 g/mol. The first-order valence-corrected chi connectivity index (χ1v) is 3.24. The van der Waals surface area contributed by atoms with Crippen LogP contribution in [-0.2, 0) is 0 Å². The summed E-state index contributed by atoms with van der Waals surface area (Å²) in [4.78, 5) is 4.22. The van der Waals surface area contributed by atoms with Gasteiger partial charge in [0.2, 0.25) is 0 Å². The van der Waals surface area contributed by atoms with Crippen molar-refractivity contribution < 1.29 is 0 Å². The minimum absolute atomic E-state index is 0.403. The minimum atomic E-state index is 0.403. The fourth-order valence-corrected chi connectivity index (χ4v) is 0.870. The molecule has 0 saturated carbocycles. The molecule has 48 valence electrons. The van der Waals surface area contributed by atoms with Gasteiger partial charge in [-0.3, -0.25) is 4.99 Å². The molecule has 9 heavy (non-hydrogen) atoms. The van der Waals surface area contributed by atoms with Crippen LogP contribution in [0, 0.1) is 0 Å². The summed E-state index contributed by atoms with van der Waals surface area (Å²) in [5.74, 6) is 0. The highest BCUT2D eigenvalue weighted by molar-refractivity contribution is 5.54. The molecule has 0 aliphatic heterocycles. The Labute approximate surface area is 55.8 Å². The van der Waals surface area contributed by atoms with E-state index in [4.69, 9.17) is 0 Å². The topological polar surface area (TPSA) is 12.4 Å². The first kappa shape index (κ1) is 6.27. The zero-order valence-electron chi connectivity index (χ0n) is 5.62. The molecule has 0 heterocycles. The van der Waals surface area contributed by atoms with Gasteiger partial charge in [-0.1, -0.05) is 24.3 Å². The maximum Gasteiger partial charge on any atom is 0.0713 e. The summed E-state index contributed by atoms with van der Waals surface area (Å²) in [7, 11) is 0. The highest BCUT2D eigenvalue weighted by Crippen LogP contribution is 2.05. The van der Waals surface area contributed by atoms with E-state index in [1.807, 2.05) is 19.2 Å². The summed E-state index contributed by atoms with van der Waals surface area (Å²) in [6.07, 6.45) is 11.3. The van der Waals surface area contributed by atoms with Crippen LogP contribution in [0.2, 0.25) is 0 Å². The lowest BCUT2D eigenvalue weighted by molar-refractivity contribution is 0.831. The van der Waals surface area contributed by atoms with Crippen LogP contribution >= 0.6 is 0 Å². The summed E-state index contributed by atoms with van der Waals surface area (Å²) >= 11 is 0. The molecule has 1 nitrogen and oxygen atoms in total. The van der Waals surface area contributed by atoms with E-state index >= 15 is 0 Å². The maximum atomic E-state index is 4.22. The third-order valence-corrected chi connectivity index (χ3v) is 1.30. The first-order valence-electron chi connectivity index (χ1n) is 3.24. The molecule has 0 amide bonds. The molecular weight excluding hydrogens is 110 g/mol. The molecule has 1 rings (SSSR count). The van der Waals surface area contributed by atoms with Crippen LogP contribution in [0.1, 0.15) is 13.3 Å². The summed E-state index contributed by atoms with van der Waals surface area (Å²) in [5, 5.41) is 0. The van der Waals surface area contributed by atoms with E-state index in [1.165, 1.54) is 0 Å². The van der Waals surface area contributed by atoms with Crippen LogP contribution in [-0.4, -0.2) is 12.3 Å². The van der Waals surface area contributed by atoms with Gasteiger partial charge in [-0.15, -0.1) is 0 Å². The van der Waals surface area contributed by atoms with Crippen molar-refractivity contribution in [3.63, 3.8) is 0 Å². The summed E-state index contributed by atoms with van der Waals surface area (Å²) in [6.45, 7) is 1.95. The minimum Gasteiger partial charge on any atom is -0.290 e. The predicted molar refractivity (Wildman–Crippen MR) is 40.9 cm³/mol. The molecule has 0 aromatic carbocycles. The van der Waals surface area contributed by atoms with Gasteiger partial charge in [0.15, 0.2) is 0 Å². The molecule has 0 saturated heterocycles. The Kier molecular flexibility index (Phi) is 2.25. The molecule has 0 radical (unpaired) electrons. The lowest BCUT2D eigenvalue weighted by Gasteiger charge is -2.04. The first-order chi connectivity index (χ1) is 4.43. The third-order valence-electron chi connectivity index (χ3n) is 1.30. The second kappa shape index (κ2) is 3.23. The lowest BCUT2D eigenvalue weighted by Crippen LogP contribution is -1.99. The van der Waals surface area contributed by atoms with Gasteiger partial charge in [0.25, 0.3) is 0 Å². The van der Waals surface area contributed by atoms with E-state index in [1.54, 1.807) is 0 Å². The summed E-state index contributed by atoms with van der Waals surface area (Å²) in [5.41, 5.74) is 0. The van der Waals surface area contributed by atoms with Crippen molar-refractivity contribution in [3.8, 4) is 0 Å². The molecule has 0 fully saturated rings. The van der Waals surface area contributed by atoms with E-state index in [0.717, 1.165) is 6.42 Å². The van der Waals surface area contributed by atoms with Crippen molar-refractivity contribution in [2.75, 3.05) is 0 Å². The van der Waals surface area contributed by atoms with Crippen molar-refractivity contribution in [1.82, 2.24) is 0 Å². The van der Waals surface area contributed by atoms with E-state index in [0.29, 0.717) is 6.04 Å². The van der Waals surface area contributed by atoms with Crippen molar-refractivity contribution in [1.29, 1.82) is 0 Å². The molecule has 1 heteroatoms. The Morgan fingerprint density at radius 3 is 3.00 bits per heavy atom. The second-order valence-electron chi connectivity index (χ2n) is 2.02. The molecule has 0 spiro atoms. The Bertz CT molecular complexity index is 154. The zero-order chi connectivity index (χ0) is 6.53. The Morgan fingerprint density at radius 2 is 2.44 bits per heavy atom. The molecule has 0 aromatic rings. The molecule has 1 aliphatic carbocycles. The average Bonchev–Trinajstić information content (AvgIpc) is 1.91. The quantitative estimate of drug-likeness (QED) is 0.470. The van der Waals surface area contributed by atoms with Gasteiger partial charge >= 0.3 is 0 Å². The van der Waals surface area contributed by atoms with Crippen molar-refractivity contribution in [3.05, 3.63) is 24.3 Å². The van der Waals surface area contributed by atoms with Gasteiger partial charge in [-0.05, 0) is 19.6 Å². The number of hydrogen-bond acceptors (Lipinski definition) is 1. The molecule has 0 N–H and O–H groups in total. The van der Waals surface area contributed by atoms with Crippen LogP contribution in [0.5, 0.6) is 0 Å². The fraction of sp³-hybridized carbons (Fsp3) is 0.375. The molecule has 1 atom stereocenters. The summed E-state index contributed by atoms with van der Waals surface area (Å²) in [6, 6.07) is 0.403. The van der Waals surface area contributed by atoms with Gasteiger partial charge < -0.3 is 0 Å². The Morgan fingerprint density at radius 1 is 1.56 bits per heavy atom. The number of aliphatic imine (C=N–C) groups is 1. The Balaban J connectivity index is 2.46. The van der Waals surface area contributed by atoms with Crippen LogP contribution in [0.4, 0.5) is 0 Å². The second-order valence-corrected chi connectivity index (χ2v) is 2.02. The smallest absolute Gasteiger partial charge is 0.0713 e. The van der Waals surface area contributed by atoms with Crippen LogP contribution in [0.3, 0.4) is 0 Å². The number of hydrogen-bond donors (Lipinski definition) is 0. The highest BCUT2D eigenvalue weighted by Gasteiger charge is 1.98. The van der Waals surface area contributed by atoms with Gasteiger partial charge in [-0.25, -0.2) is 0 Å². The number of rotatable bonds is 1. The van der Waals surface area contributed by atoms with Crippen LogP contribution in [0.25, 0.3) is 0 Å².